The van der Waals surface area contributed by atoms with E-state index in [1.807, 2.05) is 31.2 Å². The topological polar surface area (TPSA) is 67.0 Å². The molecule has 2 N–H and O–H groups in total. The van der Waals surface area contributed by atoms with Crippen LogP contribution in [0.4, 0.5) is 5.69 Å². The molecule has 0 unspecified atom stereocenters. The largest absolute Gasteiger partial charge is 0.495 e. The second-order valence-electron chi connectivity index (χ2n) is 4.92. The van der Waals surface area contributed by atoms with E-state index in [0.29, 0.717) is 17.0 Å². The Morgan fingerprint density at radius 3 is 2.86 bits per heavy atom. The van der Waals surface area contributed by atoms with Crippen LogP contribution in [0.2, 0.25) is 0 Å². The molecule has 0 spiro atoms. The zero-order valence-electron chi connectivity index (χ0n) is 12.5. The van der Waals surface area contributed by atoms with Gasteiger partial charge in [0.2, 0.25) is 0 Å². The van der Waals surface area contributed by atoms with Crippen LogP contribution in [0.3, 0.4) is 0 Å². The third-order valence-electron chi connectivity index (χ3n) is 3.48. The van der Waals surface area contributed by atoms with E-state index < -0.39 is 0 Å². The first-order chi connectivity index (χ1) is 10.7. The van der Waals surface area contributed by atoms with Crippen LogP contribution < -0.4 is 10.1 Å². The summed E-state index contributed by atoms with van der Waals surface area (Å²) in [5.41, 5.74) is 2.95. The number of hydrogen-bond acceptors (Lipinski definition) is 3. The smallest absolute Gasteiger partial charge is 0.255 e. The van der Waals surface area contributed by atoms with Gasteiger partial charge >= 0.3 is 0 Å². The van der Waals surface area contributed by atoms with Gasteiger partial charge in [-0.1, -0.05) is 19.1 Å². The third kappa shape index (κ3) is 2.65. The molecule has 0 aliphatic heterocycles. The van der Waals surface area contributed by atoms with E-state index in [1.54, 1.807) is 25.3 Å². The average molecular weight is 295 g/mol. The van der Waals surface area contributed by atoms with Crippen LogP contribution in [0.1, 0.15) is 23.1 Å². The van der Waals surface area contributed by atoms with Crippen molar-refractivity contribution in [1.82, 2.24) is 9.97 Å². The Morgan fingerprint density at radius 2 is 2.09 bits per heavy atom. The monoisotopic (exact) mass is 295 g/mol. The molecule has 3 aromatic rings. The number of rotatable bonds is 4. The van der Waals surface area contributed by atoms with Crippen molar-refractivity contribution in [2.45, 2.75) is 13.3 Å². The molecule has 1 aromatic heterocycles. The van der Waals surface area contributed by atoms with Crippen molar-refractivity contribution in [3.8, 4) is 5.75 Å². The van der Waals surface area contributed by atoms with Crippen molar-refractivity contribution in [2.24, 2.45) is 0 Å². The number of amides is 1. The number of nitrogens with zero attached hydrogens (tertiary/aromatic N) is 1. The van der Waals surface area contributed by atoms with E-state index in [4.69, 9.17) is 4.74 Å². The van der Waals surface area contributed by atoms with E-state index in [1.165, 1.54) is 0 Å². The summed E-state index contributed by atoms with van der Waals surface area (Å²) in [6.07, 6.45) is 0.831. The number of anilines is 1. The number of carbonyl (C=O) groups excluding carboxylic acids is 1. The molecule has 0 saturated heterocycles. The van der Waals surface area contributed by atoms with E-state index in [2.05, 4.69) is 15.3 Å². The number of nitrogens with one attached hydrogen (secondary N) is 2. The Morgan fingerprint density at radius 1 is 1.27 bits per heavy atom. The minimum atomic E-state index is -0.181. The summed E-state index contributed by atoms with van der Waals surface area (Å²) >= 11 is 0. The van der Waals surface area contributed by atoms with Gasteiger partial charge in [0.1, 0.15) is 11.6 Å². The summed E-state index contributed by atoms with van der Waals surface area (Å²) in [4.78, 5) is 20.0. The van der Waals surface area contributed by atoms with Crippen molar-refractivity contribution < 1.29 is 9.53 Å². The van der Waals surface area contributed by atoms with Crippen LogP contribution >= 0.6 is 0 Å². The standard InChI is InChI=1S/C17H17N3O2/c1-3-16-18-12-9-8-11(10-14(12)19-16)17(21)20-13-6-4-5-7-15(13)22-2/h4-10H,3H2,1-2H3,(H,18,19)(H,20,21). The molecule has 0 radical (unpaired) electrons. The van der Waals surface area contributed by atoms with E-state index >= 15 is 0 Å². The number of aryl methyl sites for hydroxylation is 1. The normalized spacial score (nSPS) is 10.6. The zero-order chi connectivity index (χ0) is 15.5. The molecule has 5 nitrogen and oxygen atoms in total. The first-order valence-corrected chi connectivity index (χ1v) is 7.14. The van der Waals surface area contributed by atoms with E-state index in [9.17, 15) is 4.79 Å². The average Bonchev–Trinajstić information content (AvgIpc) is 2.97. The van der Waals surface area contributed by atoms with Crippen molar-refractivity contribution in [3.05, 3.63) is 53.9 Å². The number of fused-ring (bicyclic) bond motifs is 1. The Hall–Kier alpha value is -2.82. The molecule has 0 bridgehead atoms. The van der Waals surface area contributed by atoms with Crippen LogP contribution in [0.5, 0.6) is 5.75 Å². The molecule has 2 aromatic carbocycles. The van der Waals surface area contributed by atoms with Crippen LogP contribution in [0.25, 0.3) is 11.0 Å². The summed E-state index contributed by atoms with van der Waals surface area (Å²) < 4.78 is 5.24. The maximum absolute atomic E-state index is 12.4. The Kier molecular flexibility index (Phi) is 3.78. The minimum Gasteiger partial charge on any atom is -0.495 e. The molecule has 0 atom stereocenters. The number of H-pyrrole nitrogens is 1. The number of aromatic nitrogens is 2. The van der Waals surface area contributed by atoms with Crippen LogP contribution in [-0.4, -0.2) is 23.0 Å². The quantitative estimate of drug-likeness (QED) is 0.775. The number of carbonyl (C=O) groups is 1. The number of aromatic amines is 1. The van der Waals surface area contributed by atoms with Gasteiger partial charge in [-0.15, -0.1) is 0 Å². The summed E-state index contributed by atoms with van der Waals surface area (Å²) in [5, 5.41) is 2.86. The van der Waals surface area contributed by atoms with Gasteiger partial charge in [0, 0.05) is 12.0 Å². The Bertz CT molecular complexity index is 824. The molecular formula is C17H17N3O2. The van der Waals surface area contributed by atoms with Crippen molar-refractivity contribution in [1.29, 1.82) is 0 Å². The SMILES string of the molecule is CCc1nc2ccc(C(=O)Nc3ccccc3OC)cc2[nH]1. The highest BCUT2D eigenvalue weighted by Crippen LogP contribution is 2.24. The minimum absolute atomic E-state index is 0.181. The number of imidazole rings is 1. The lowest BCUT2D eigenvalue weighted by molar-refractivity contribution is 0.102. The number of benzene rings is 2. The molecule has 0 aliphatic rings. The summed E-state index contributed by atoms with van der Waals surface area (Å²) in [7, 11) is 1.58. The van der Waals surface area contributed by atoms with Gasteiger partial charge < -0.3 is 15.0 Å². The van der Waals surface area contributed by atoms with Crippen molar-refractivity contribution >= 4 is 22.6 Å². The van der Waals surface area contributed by atoms with E-state index in [0.717, 1.165) is 23.3 Å². The number of methoxy groups -OCH3 is 1. The highest BCUT2D eigenvalue weighted by atomic mass is 16.5. The highest BCUT2D eigenvalue weighted by Gasteiger charge is 2.11. The maximum atomic E-state index is 12.4. The van der Waals surface area contributed by atoms with Crippen LogP contribution in [0, 0.1) is 0 Å². The van der Waals surface area contributed by atoms with Crippen LogP contribution in [-0.2, 0) is 6.42 Å². The number of hydrogen-bond donors (Lipinski definition) is 2. The molecule has 112 valence electrons. The first-order valence-electron chi connectivity index (χ1n) is 7.14. The molecule has 0 aliphatic carbocycles. The lowest BCUT2D eigenvalue weighted by Gasteiger charge is -2.09. The number of ether oxygens (including phenoxy) is 1. The van der Waals surface area contributed by atoms with Gasteiger partial charge in [0.15, 0.2) is 0 Å². The fourth-order valence-electron chi connectivity index (χ4n) is 2.31. The number of para-hydroxylation sites is 2. The van der Waals surface area contributed by atoms with Gasteiger partial charge in [0.05, 0.1) is 23.8 Å². The summed E-state index contributed by atoms with van der Waals surface area (Å²) in [5.74, 6) is 1.36. The van der Waals surface area contributed by atoms with Crippen LogP contribution in [0.15, 0.2) is 42.5 Å². The lowest BCUT2D eigenvalue weighted by atomic mass is 10.2. The Labute approximate surface area is 128 Å². The highest BCUT2D eigenvalue weighted by molar-refractivity contribution is 6.06. The molecule has 22 heavy (non-hydrogen) atoms. The van der Waals surface area contributed by atoms with Crippen molar-refractivity contribution in [3.63, 3.8) is 0 Å². The maximum Gasteiger partial charge on any atom is 0.255 e. The molecule has 3 rings (SSSR count). The predicted octanol–water partition coefficient (Wildman–Crippen LogP) is 3.39. The second-order valence-corrected chi connectivity index (χ2v) is 4.92. The summed E-state index contributed by atoms with van der Waals surface area (Å²) in [6.45, 7) is 2.03. The van der Waals surface area contributed by atoms with Gasteiger partial charge in [-0.25, -0.2) is 4.98 Å². The fourth-order valence-corrected chi connectivity index (χ4v) is 2.31. The molecular weight excluding hydrogens is 278 g/mol. The first kappa shape index (κ1) is 14.1. The molecule has 0 saturated carbocycles. The van der Waals surface area contributed by atoms with Gasteiger partial charge in [0.25, 0.3) is 5.91 Å². The lowest BCUT2D eigenvalue weighted by Crippen LogP contribution is -2.12. The van der Waals surface area contributed by atoms with Gasteiger partial charge in [-0.2, -0.15) is 0 Å². The molecule has 1 amide bonds. The van der Waals surface area contributed by atoms with Gasteiger partial charge in [-0.05, 0) is 30.3 Å². The molecule has 5 heteroatoms. The van der Waals surface area contributed by atoms with Gasteiger partial charge in [-0.3, -0.25) is 4.79 Å². The zero-order valence-corrected chi connectivity index (χ0v) is 12.5. The molecule has 0 fully saturated rings. The summed E-state index contributed by atoms with van der Waals surface area (Å²) in [6, 6.07) is 12.8. The van der Waals surface area contributed by atoms with E-state index in [-0.39, 0.29) is 5.91 Å². The second kappa shape index (κ2) is 5.89. The Balaban J connectivity index is 1.88. The van der Waals surface area contributed by atoms with Crippen molar-refractivity contribution in [2.75, 3.05) is 12.4 Å². The third-order valence-corrected chi connectivity index (χ3v) is 3.48. The molecule has 1 heterocycles. The predicted molar refractivity (Wildman–Crippen MR) is 86.4 cm³/mol. The fraction of sp³-hybridized carbons (Fsp3) is 0.176.